The Kier molecular flexibility index (Phi) is 3.53. The first-order valence-corrected chi connectivity index (χ1v) is 6.22. The largest absolute Gasteiger partial charge is 0.494 e. The number of nitrogens with zero attached hydrogens (tertiary/aromatic N) is 1. The van der Waals surface area contributed by atoms with Crippen molar-refractivity contribution < 1.29 is 9.84 Å². The zero-order valence-electron chi connectivity index (χ0n) is 11.1. The molecule has 1 heterocycles. The topological polar surface area (TPSA) is 42.4 Å². The Morgan fingerprint density at radius 3 is 2.72 bits per heavy atom. The van der Waals surface area contributed by atoms with Crippen molar-refractivity contribution in [2.45, 2.75) is 32.8 Å². The molecule has 0 bridgehead atoms. The van der Waals surface area contributed by atoms with Crippen molar-refractivity contribution in [3.05, 3.63) is 36.0 Å². The molecule has 0 fully saturated rings. The second-order valence-electron chi connectivity index (χ2n) is 5.07. The molecule has 3 nitrogen and oxygen atoms in total. The van der Waals surface area contributed by atoms with Crippen molar-refractivity contribution in [2.75, 3.05) is 6.61 Å². The monoisotopic (exact) mass is 245 g/mol. The summed E-state index contributed by atoms with van der Waals surface area (Å²) in [6.07, 6.45) is 2.38. The molecule has 2 aromatic rings. The molecule has 0 unspecified atom stereocenters. The van der Waals surface area contributed by atoms with Crippen LogP contribution in [-0.2, 0) is 6.42 Å². The molecule has 0 amide bonds. The number of aliphatic hydroxyl groups is 1. The third-order valence-corrected chi connectivity index (χ3v) is 2.74. The Bertz CT molecular complexity index is 544. The van der Waals surface area contributed by atoms with Crippen LogP contribution in [-0.4, -0.2) is 22.3 Å². The summed E-state index contributed by atoms with van der Waals surface area (Å²) >= 11 is 0. The lowest BCUT2D eigenvalue weighted by molar-refractivity contribution is 0.0813. The molecule has 1 aromatic heterocycles. The van der Waals surface area contributed by atoms with E-state index in [0.29, 0.717) is 13.0 Å². The van der Waals surface area contributed by atoms with Gasteiger partial charge in [0.05, 0.1) is 17.7 Å². The molecule has 0 atom stereocenters. The van der Waals surface area contributed by atoms with Gasteiger partial charge in [-0.25, -0.2) is 0 Å². The smallest absolute Gasteiger partial charge is 0.120 e. The van der Waals surface area contributed by atoms with Gasteiger partial charge in [0.2, 0.25) is 0 Å². The SMILES string of the molecule is CCOc1ccc2nccc(CC(C)(C)O)c2c1. The van der Waals surface area contributed by atoms with Gasteiger partial charge in [-0.05, 0) is 50.6 Å². The van der Waals surface area contributed by atoms with E-state index in [0.717, 1.165) is 22.2 Å². The van der Waals surface area contributed by atoms with Crippen molar-refractivity contribution in [1.29, 1.82) is 0 Å². The van der Waals surface area contributed by atoms with Crippen LogP contribution in [0.15, 0.2) is 30.5 Å². The number of benzene rings is 1. The summed E-state index contributed by atoms with van der Waals surface area (Å²) in [6.45, 7) is 6.23. The number of fused-ring (bicyclic) bond motifs is 1. The molecule has 1 N–H and O–H groups in total. The van der Waals surface area contributed by atoms with Crippen LogP contribution in [0.25, 0.3) is 10.9 Å². The van der Waals surface area contributed by atoms with Gasteiger partial charge < -0.3 is 9.84 Å². The molecule has 0 radical (unpaired) electrons. The quantitative estimate of drug-likeness (QED) is 0.900. The summed E-state index contributed by atoms with van der Waals surface area (Å²) in [5.74, 6) is 0.843. The second-order valence-corrected chi connectivity index (χ2v) is 5.07. The van der Waals surface area contributed by atoms with E-state index in [1.807, 2.05) is 45.0 Å². The molecule has 3 heteroatoms. The minimum Gasteiger partial charge on any atom is -0.494 e. The molecule has 0 aliphatic carbocycles. The molecule has 18 heavy (non-hydrogen) atoms. The van der Waals surface area contributed by atoms with Gasteiger partial charge in [-0.15, -0.1) is 0 Å². The van der Waals surface area contributed by atoms with E-state index in [-0.39, 0.29) is 0 Å². The fraction of sp³-hybridized carbons (Fsp3) is 0.400. The Balaban J connectivity index is 2.48. The highest BCUT2D eigenvalue weighted by Crippen LogP contribution is 2.25. The van der Waals surface area contributed by atoms with Gasteiger partial charge in [0.15, 0.2) is 0 Å². The Labute approximate surface area is 107 Å². The molecule has 2 rings (SSSR count). The first kappa shape index (κ1) is 12.8. The fourth-order valence-electron chi connectivity index (χ4n) is 2.06. The predicted octanol–water partition coefficient (Wildman–Crippen LogP) is 2.95. The maximum atomic E-state index is 9.95. The Morgan fingerprint density at radius 1 is 1.28 bits per heavy atom. The molecule has 0 aliphatic rings. The molecular formula is C15H19NO2. The molecule has 1 aromatic carbocycles. The molecule has 0 saturated carbocycles. The number of aromatic nitrogens is 1. The zero-order valence-corrected chi connectivity index (χ0v) is 11.1. The van der Waals surface area contributed by atoms with E-state index < -0.39 is 5.60 Å². The predicted molar refractivity (Wildman–Crippen MR) is 72.9 cm³/mol. The summed E-state index contributed by atoms with van der Waals surface area (Å²) in [7, 11) is 0. The van der Waals surface area contributed by atoms with E-state index in [4.69, 9.17) is 4.74 Å². The maximum absolute atomic E-state index is 9.95. The highest BCUT2D eigenvalue weighted by atomic mass is 16.5. The number of rotatable bonds is 4. The van der Waals surface area contributed by atoms with E-state index in [9.17, 15) is 5.11 Å². The summed E-state index contributed by atoms with van der Waals surface area (Å²) in [5, 5.41) is 11.0. The molecule has 0 aliphatic heterocycles. The van der Waals surface area contributed by atoms with Gasteiger partial charge in [-0.3, -0.25) is 4.98 Å². The molecule has 0 saturated heterocycles. The van der Waals surface area contributed by atoms with Crippen molar-refractivity contribution in [3.8, 4) is 5.75 Å². The number of hydrogen-bond donors (Lipinski definition) is 1. The Morgan fingerprint density at radius 2 is 2.06 bits per heavy atom. The normalized spacial score (nSPS) is 11.8. The molecular weight excluding hydrogens is 226 g/mol. The van der Waals surface area contributed by atoms with Crippen LogP contribution in [0.4, 0.5) is 0 Å². The average molecular weight is 245 g/mol. The molecule has 96 valence electrons. The van der Waals surface area contributed by atoms with Crippen LogP contribution in [0.5, 0.6) is 5.75 Å². The van der Waals surface area contributed by atoms with Crippen LogP contribution >= 0.6 is 0 Å². The first-order chi connectivity index (χ1) is 8.49. The van der Waals surface area contributed by atoms with Gasteiger partial charge in [0.25, 0.3) is 0 Å². The minimum absolute atomic E-state index is 0.599. The van der Waals surface area contributed by atoms with E-state index >= 15 is 0 Å². The first-order valence-electron chi connectivity index (χ1n) is 6.22. The lowest BCUT2D eigenvalue weighted by Gasteiger charge is -2.18. The van der Waals surface area contributed by atoms with E-state index in [1.165, 1.54) is 0 Å². The number of ether oxygens (including phenoxy) is 1. The van der Waals surface area contributed by atoms with Crippen LogP contribution < -0.4 is 4.74 Å². The highest BCUT2D eigenvalue weighted by Gasteiger charge is 2.15. The zero-order chi connectivity index (χ0) is 13.2. The third kappa shape index (κ3) is 2.99. The van der Waals surface area contributed by atoms with E-state index in [1.54, 1.807) is 6.20 Å². The summed E-state index contributed by atoms with van der Waals surface area (Å²) in [4.78, 5) is 4.34. The van der Waals surface area contributed by atoms with Crippen molar-refractivity contribution in [3.63, 3.8) is 0 Å². The summed E-state index contributed by atoms with van der Waals surface area (Å²) < 4.78 is 5.51. The number of pyridine rings is 1. The van der Waals surface area contributed by atoms with Crippen molar-refractivity contribution in [2.24, 2.45) is 0 Å². The van der Waals surface area contributed by atoms with Gasteiger partial charge in [0.1, 0.15) is 5.75 Å². The standard InChI is InChI=1S/C15H19NO2/c1-4-18-12-5-6-14-13(9-12)11(7-8-16-14)10-15(2,3)17/h5-9,17H,4,10H2,1-3H3. The third-order valence-electron chi connectivity index (χ3n) is 2.74. The van der Waals surface area contributed by atoms with Crippen molar-refractivity contribution >= 4 is 10.9 Å². The summed E-state index contributed by atoms with van der Waals surface area (Å²) in [6, 6.07) is 7.82. The molecule has 0 spiro atoms. The minimum atomic E-state index is -0.726. The van der Waals surface area contributed by atoms with Crippen LogP contribution in [0.3, 0.4) is 0 Å². The van der Waals surface area contributed by atoms with Gasteiger partial charge in [-0.2, -0.15) is 0 Å². The Hall–Kier alpha value is -1.61. The summed E-state index contributed by atoms with van der Waals surface area (Å²) in [5.41, 5.74) is 1.30. The van der Waals surface area contributed by atoms with Gasteiger partial charge in [0, 0.05) is 18.0 Å². The van der Waals surface area contributed by atoms with Gasteiger partial charge in [-0.1, -0.05) is 0 Å². The van der Waals surface area contributed by atoms with Crippen LogP contribution in [0, 0.1) is 0 Å². The number of hydrogen-bond acceptors (Lipinski definition) is 3. The van der Waals surface area contributed by atoms with Crippen LogP contribution in [0.1, 0.15) is 26.3 Å². The average Bonchev–Trinajstić information content (AvgIpc) is 2.28. The van der Waals surface area contributed by atoms with Crippen molar-refractivity contribution in [1.82, 2.24) is 4.98 Å². The highest BCUT2D eigenvalue weighted by molar-refractivity contribution is 5.83. The van der Waals surface area contributed by atoms with Crippen LogP contribution in [0.2, 0.25) is 0 Å². The maximum Gasteiger partial charge on any atom is 0.120 e. The van der Waals surface area contributed by atoms with E-state index in [2.05, 4.69) is 4.98 Å². The second kappa shape index (κ2) is 4.94. The van der Waals surface area contributed by atoms with Gasteiger partial charge >= 0.3 is 0 Å². The lowest BCUT2D eigenvalue weighted by Crippen LogP contribution is -2.22. The fourth-order valence-corrected chi connectivity index (χ4v) is 2.06. The lowest BCUT2D eigenvalue weighted by atomic mass is 9.96.